The minimum absolute atomic E-state index is 0.0579. The maximum absolute atomic E-state index is 13.2. The molecule has 0 aliphatic carbocycles. The summed E-state index contributed by atoms with van der Waals surface area (Å²) in [6.45, 7) is 5.09. The first-order chi connectivity index (χ1) is 16.9. The zero-order valence-electron chi connectivity index (χ0n) is 21.5. The van der Waals surface area contributed by atoms with Gasteiger partial charge >= 0.3 is 6.18 Å². The van der Waals surface area contributed by atoms with Gasteiger partial charge in [-0.25, -0.2) is 0 Å². The molecule has 1 N–H and O–H groups in total. The van der Waals surface area contributed by atoms with E-state index in [-0.39, 0.29) is 37.0 Å². The van der Waals surface area contributed by atoms with Crippen molar-refractivity contribution in [2.45, 2.75) is 45.1 Å². The highest BCUT2D eigenvalue weighted by Gasteiger charge is 2.32. The van der Waals surface area contributed by atoms with Gasteiger partial charge in [-0.3, -0.25) is 9.69 Å². The van der Waals surface area contributed by atoms with Crippen LogP contribution in [0.15, 0.2) is 42.5 Å². The van der Waals surface area contributed by atoms with Crippen molar-refractivity contribution in [3.05, 3.63) is 59.2 Å². The number of amides is 1. The molecule has 36 heavy (non-hydrogen) atoms. The van der Waals surface area contributed by atoms with Gasteiger partial charge in [-0.05, 0) is 49.9 Å². The number of halogens is 3. The van der Waals surface area contributed by atoms with Crippen LogP contribution in [0, 0.1) is 5.92 Å². The fourth-order valence-corrected chi connectivity index (χ4v) is 4.39. The first-order valence-electron chi connectivity index (χ1n) is 12.1. The molecule has 2 aromatic rings. The number of aliphatic hydroxyl groups excluding tert-OH is 1. The average Bonchev–Trinajstić information content (AvgIpc) is 2.85. The van der Waals surface area contributed by atoms with Gasteiger partial charge < -0.3 is 19.6 Å². The molecular formula is C27H36F3N3O3. The second-order valence-electron chi connectivity index (χ2n) is 9.97. The Kier molecular flexibility index (Phi) is 8.89. The zero-order valence-corrected chi connectivity index (χ0v) is 21.5. The summed E-state index contributed by atoms with van der Waals surface area (Å²) in [5.41, 5.74) is 1.84. The quantitative estimate of drug-likeness (QED) is 0.613. The number of carbonyl (C=O) groups is 1. The summed E-state index contributed by atoms with van der Waals surface area (Å²) in [4.78, 5) is 18.9. The van der Waals surface area contributed by atoms with Crippen LogP contribution in [0.1, 0.15) is 30.5 Å². The highest BCUT2D eigenvalue weighted by molar-refractivity contribution is 5.80. The van der Waals surface area contributed by atoms with Gasteiger partial charge in [0.25, 0.3) is 0 Å². The molecule has 1 aliphatic rings. The van der Waals surface area contributed by atoms with E-state index in [1.807, 2.05) is 63.0 Å². The summed E-state index contributed by atoms with van der Waals surface area (Å²) in [7, 11) is 5.76. The third-order valence-corrected chi connectivity index (χ3v) is 6.64. The number of hydrogen-bond donors (Lipinski definition) is 1. The largest absolute Gasteiger partial charge is 0.488 e. The van der Waals surface area contributed by atoms with Gasteiger partial charge in [0.2, 0.25) is 5.91 Å². The van der Waals surface area contributed by atoms with Crippen LogP contribution in [0.3, 0.4) is 0 Å². The fourth-order valence-electron chi connectivity index (χ4n) is 4.39. The Labute approximate surface area is 211 Å². The van der Waals surface area contributed by atoms with E-state index in [9.17, 15) is 23.1 Å². The first kappa shape index (κ1) is 27.8. The summed E-state index contributed by atoms with van der Waals surface area (Å²) in [6, 6.07) is 10.6. The minimum Gasteiger partial charge on any atom is -0.488 e. The number of alkyl halides is 3. The lowest BCUT2D eigenvalue weighted by Crippen LogP contribution is -2.47. The highest BCUT2D eigenvalue weighted by atomic mass is 19.4. The molecule has 0 unspecified atom stereocenters. The Bertz CT molecular complexity index is 1030. The Morgan fingerprint density at radius 2 is 1.81 bits per heavy atom. The van der Waals surface area contributed by atoms with Crippen molar-refractivity contribution < 1.29 is 27.8 Å². The number of ether oxygens (including phenoxy) is 1. The van der Waals surface area contributed by atoms with Gasteiger partial charge in [0.1, 0.15) is 11.9 Å². The second kappa shape index (κ2) is 11.5. The van der Waals surface area contributed by atoms with Crippen LogP contribution in [-0.2, 0) is 23.9 Å². The lowest BCUT2D eigenvalue weighted by molar-refractivity contribution is -0.137. The number of nitrogens with zero attached hydrogens (tertiary/aromatic N) is 3. The molecule has 1 amide bonds. The molecule has 0 radical (unpaired) electrons. The summed E-state index contributed by atoms with van der Waals surface area (Å²) in [5.74, 6) is 0.521. The van der Waals surface area contributed by atoms with Crippen LogP contribution in [0.25, 0.3) is 0 Å². The number of likely N-dealkylation sites (N-methyl/N-ethyl adjacent to an activating group) is 1. The molecule has 6 nitrogen and oxygen atoms in total. The van der Waals surface area contributed by atoms with Crippen LogP contribution in [0.5, 0.6) is 5.75 Å². The third kappa shape index (κ3) is 6.91. The molecule has 1 heterocycles. The molecule has 0 spiro atoms. The molecule has 9 heteroatoms. The van der Waals surface area contributed by atoms with Crippen LogP contribution >= 0.6 is 0 Å². The molecule has 1 aliphatic heterocycles. The predicted octanol–water partition coefficient (Wildman–Crippen LogP) is 4.05. The van der Waals surface area contributed by atoms with E-state index in [0.29, 0.717) is 25.4 Å². The number of anilines is 1. The molecule has 0 saturated heterocycles. The van der Waals surface area contributed by atoms with Crippen molar-refractivity contribution in [3.63, 3.8) is 0 Å². The normalized spacial score (nSPS) is 19.7. The van der Waals surface area contributed by atoms with Gasteiger partial charge in [0.05, 0.1) is 24.6 Å². The topological polar surface area (TPSA) is 56.3 Å². The number of fused-ring (bicyclic) bond motifs is 1. The molecule has 198 valence electrons. The number of hydrogen-bond acceptors (Lipinski definition) is 5. The smallest absolute Gasteiger partial charge is 0.416 e. The van der Waals surface area contributed by atoms with Gasteiger partial charge in [-0.2, -0.15) is 13.2 Å². The predicted molar refractivity (Wildman–Crippen MR) is 134 cm³/mol. The summed E-state index contributed by atoms with van der Waals surface area (Å²) >= 11 is 0. The molecule has 0 fully saturated rings. The molecular weight excluding hydrogens is 471 g/mol. The fraction of sp³-hybridized carbons (Fsp3) is 0.519. The van der Waals surface area contributed by atoms with Gasteiger partial charge in [-0.15, -0.1) is 0 Å². The van der Waals surface area contributed by atoms with E-state index in [0.717, 1.165) is 28.9 Å². The van der Waals surface area contributed by atoms with E-state index in [2.05, 4.69) is 0 Å². The van der Waals surface area contributed by atoms with Crippen LogP contribution < -0.4 is 9.64 Å². The van der Waals surface area contributed by atoms with Crippen molar-refractivity contribution in [2.24, 2.45) is 5.92 Å². The maximum atomic E-state index is 13.2. The second-order valence-corrected chi connectivity index (χ2v) is 9.97. The van der Waals surface area contributed by atoms with Crippen LogP contribution in [-0.4, -0.2) is 73.8 Å². The number of benzene rings is 2. The number of carbonyl (C=O) groups excluding carboxylic acids is 1. The van der Waals surface area contributed by atoms with E-state index in [1.54, 1.807) is 4.90 Å². The molecule has 0 aromatic heterocycles. The van der Waals surface area contributed by atoms with Crippen molar-refractivity contribution >= 4 is 11.6 Å². The number of aliphatic hydroxyl groups is 1. The Morgan fingerprint density at radius 3 is 2.39 bits per heavy atom. The van der Waals surface area contributed by atoms with Crippen molar-refractivity contribution in [1.82, 2.24) is 9.80 Å². The monoisotopic (exact) mass is 507 g/mol. The molecule has 2 aromatic carbocycles. The minimum atomic E-state index is -4.36. The van der Waals surface area contributed by atoms with Crippen molar-refractivity contribution in [2.75, 3.05) is 45.7 Å². The summed E-state index contributed by atoms with van der Waals surface area (Å²) in [6.07, 6.45) is -4.48. The Hall–Kier alpha value is -2.78. The molecule has 0 bridgehead atoms. The van der Waals surface area contributed by atoms with Crippen molar-refractivity contribution in [1.29, 1.82) is 0 Å². The zero-order chi connectivity index (χ0) is 26.6. The molecule has 3 atom stereocenters. The summed E-state index contributed by atoms with van der Waals surface area (Å²) in [5, 5.41) is 9.77. The SMILES string of the molecule is C[C@H]1CN([C@@H](C)CO)C(=O)Cc2cc(N(C)C)ccc2O[C@H]1CN(C)Cc1ccc(C(F)(F)F)cc1. The lowest BCUT2D eigenvalue weighted by Gasteiger charge is -2.34. The van der Waals surface area contributed by atoms with Gasteiger partial charge in [0.15, 0.2) is 0 Å². The van der Waals surface area contributed by atoms with E-state index >= 15 is 0 Å². The van der Waals surface area contributed by atoms with Crippen molar-refractivity contribution in [3.8, 4) is 5.75 Å². The third-order valence-electron chi connectivity index (χ3n) is 6.64. The number of rotatable bonds is 7. The first-order valence-corrected chi connectivity index (χ1v) is 12.1. The standard InChI is InChI=1S/C27H36F3N3O3/c1-18-14-33(19(2)17-34)26(35)13-21-12-23(31(3)4)10-11-24(21)36-25(18)16-32(5)15-20-6-8-22(9-7-20)27(28,29)30/h6-12,18-19,25,34H,13-17H2,1-5H3/t18-,19-,25-/m0/s1. The Balaban J connectivity index is 1.85. The lowest BCUT2D eigenvalue weighted by atomic mass is 10.0. The van der Waals surface area contributed by atoms with Gasteiger partial charge in [0, 0.05) is 50.9 Å². The average molecular weight is 508 g/mol. The summed E-state index contributed by atoms with van der Waals surface area (Å²) < 4.78 is 45.2. The van der Waals surface area contributed by atoms with E-state index < -0.39 is 11.7 Å². The molecule has 3 rings (SSSR count). The maximum Gasteiger partial charge on any atom is 0.416 e. The van der Waals surface area contributed by atoms with E-state index in [1.165, 1.54) is 12.1 Å². The van der Waals surface area contributed by atoms with Crippen LogP contribution in [0.2, 0.25) is 0 Å². The van der Waals surface area contributed by atoms with E-state index in [4.69, 9.17) is 4.74 Å². The van der Waals surface area contributed by atoms with Gasteiger partial charge in [-0.1, -0.05) is 19.1 Å². The molecule has 0 saturated carbocycles. The Morgan fingerprint density at radius 1 is 1.14 bits per heavy atom. The highest BCUT2D eigenvalue weighted by Crippen LogP contribution is 2.31. The van der Waals surface area contributed by atoms with Crippen LogP contribution in [0.4, 0.5) is 18.9 Å².